The fourth-order valence-corrected chi connectivity index (χ4v) is 2.26. The molecule has 1 rings (SSSR count). The number of alkyl halides is 1. The van der Waals surface area contributed by atoms with E-state index in [9.17, 15) is 0 Å². The molecule has 0 heterocycles. The van der Waals surface area contributed by atoms with E-state index in [0.717, 1.165) is 30.4 Å². The van der Waals surface area contributed by atoms with Crippen molar-refractivity contribution in [1.29, 1.82) is 0 Å². The number of rotatable bonds is 8. The van der Waals surface area contributed by atoms with Crippen LogP contribution in [0.1, 0.15) is 31.2 Å². The second-order valence-corrected chi connectivity index (χ2v) is 5.29. The van der Waals surface area contributed by atoms with E-state index in [4.69, 9.17) is 23.2 Å². The van der Waals surface area contributed by atoms with Gasteiger partial charge in [0, 0.05) is 17.4 Å². The molecule has 1 aromatic rings. The molecule has 96 valence electrons. The summed E-state index contributed by atoms with van der Waals surface area (Å²) in [6.45, 7) is 2.10. The first-order valence-corrected chi connectivity index (χ1v) is 7.12. The smallest absolute Gasteiger partial charge is 0.0409 e. The molecule has 1 nitrogen and oxygen atoms in total. The average Bonchev–Trinajstić information content (AvgIpc) is 2.29. The SMILES string of the molecule is CN(CCCCCCCl)Cc1cccc(Cl)c1. The molecule has 0 aromatic heterocycles. The van der Waals surface area contributed by atoms with Crippen LogP contribution >= 0.6 is 23.2 Å². The molecule has 0 atom stereocenters. The average molecular weight is 274 g/mol. The van der Waals surface area contributed by atoms with Gasteiger partial charge in [0.1, 0.15) is 0 Å². The van der Waals surface area contributed by atoms with Crippen LogP contribution in [-0.2, 0) is 6.54 Å². The minimum atomic E-state index is 0.790. The number of halogens is 2. The molecule has 0 aliphatic rings. The van der Waals surface area contributed by atoms with Crippen LogP contribution in [0.4, 0.5) is 0 Å². The highest BCUT2D eigenvalue weighted by molar-refractivity contribution is 6.30. The van der Waals surface area contributed by atoms with Crippen molar-refractivity contribution >= 4 is 23.2 Å². The van der Waals surface area contributed by atoms with Crippen molar-refractivity contribution in [3.8, 4) is 0 Å². The molecule has 0 saturated carbocycles. The number of hydrogen-bond donors (Lipinski definition) is 0. The maximum absolute atomic E-state index is 5.96. The van der Waals surface area contributed by atoms with Crippen LogP contribution in [0, 0.1) is 0 Å². The van der Waals surface area contributed by atoms with Gasteiger partial charge >= 0.3 is 0 Å². The zero-order valence-corrected chi connectivity index (χ0v) is 12.0. The van der Waals surface area contributed by atoms with Crippen LogP contribution in [-0.4, -0.2) is 24.4 Å². The van der Waals surface area contributed by atoms with Gasteiger partial charge < -0.3 is 4.90 Å². The van der Waals surface area contributed by atoms with Crippen molar-refractivity contribution in [2.45, 2.75) is 32.2 Å². The fraction of sp³-hybridized carbons (Fsp3) is 0.571. The first-order valence-electron chi connectivity index (χ1n) is 6.21. The largest absolute Gasteiger partial charge is 0.302 e. The lowest BCUT2D eigenvalue weighted by Crippen LogP contribution is -2.19. The Hall–Kier alpha value is -0.240. The summed E-state index contributed by atoms with van der Waals surface area (Å²) in [6.07, 6.45) is 4.90. The van der Waals surface area contributed by atoms with Crippen molar-refractivity contribution in [3.05, 3.63) is 34.9 Å². The molecule has 0 amide bonds. The van der Waals surface area contributed by atoms with Gasteiger partial charge in [0.2, 0.25) is 0 Å². The highest BCUT2D eigenvalue weighted by Crippen LogP contribution is 2.12. The van der Waals surface area contributed by atoms with Gasteiger partial charge in [0.05, 0.1) is 0 Å². The minimum absolute atomic E-state index is 0.790. The monoisotopic (exact) mass is 273 g/mol. The molecular formula is C14H21Cl2N. The molecule has 0 aliphatic heterocycles. The van der Waals surface area contributed by atoms with Gasteiger partial charge in [0.25, 0.3) is 0 Å². The van der Waals surface area contributed by atoms with Crippen molar-refractivity contribution < 1.29 is 0 Å². The van der Waals surface area contributed by atoms with E-state index in [-0.39, 0.29) is 0 Å². The molecule has 17 heavy (non-hydrogen) atoms. The molecular weight excluding hydrogens is 253 g/mol. The molecule has 3 heteroatoms. The maximum atomic E-state index is 5.96. The topological polar surface area (TPSA) is 3.24 Å². The Bertz CT molecular complexity index is 315. The summed E-state index contributed by atoms with van der Waals surface area (Å²) in [7, 11) is 2.16. The van der Waals surface area contributed by atoms with E-state index in [1.165, 1.54) is 24.8 Å². The third-order valence-electron chi connectivity index (χ3n) is 2.76. The molecule has 0 N–H and O–H groups in total. The predicted molar refractivity (Wildman–Crippen MR) is 77.0 cm³/mol. The van der Waals surface area contributed by atoms with E-state index in [0.29, 0.717) is 0 Å². The second kappa shape index (κ2) is 8.79. The first kappa shape index (κ1) is 14.8. The number of hydrogen-bond acceptors (Lipinski definition) is 1. The van der Waals surface area contributed by atoms with Gasteiger partial charge in [-0.2, -0.15) is 0 Å². The zero-order chi connectivity index (χ0) is 12.5. The van der Waals surface area contributed by atoms with E-state index in [1.54, 1.807) is 0 Å². The lowest BCUT2D eigenvalue weighted by atomic mass is 10.2. The summed E-state index contributed by atoms with van der Waals surface area (Å²) in [4.78, 5) is 2.34. The highest BCUT2D eigenvalue weighted by atomic mass is 35.5. The van der Waals surface area contributed by atoms with Crippen molar-refractivity contribution in [2.24, 2.45) is 0 Å². The summed E-state index contributed by atoms with van der Waals surface area (Å²) >= 11 is 11.6. The molecule has 0 bridgehead atoms. The fourth-order valence-electron chi connectivity index (χ4n) is 1.86. The zero-order valence-electron chi connectivity index (χ0n) is 10.5. The highest BCUT2D eigenvalue weighted by Gasteiger charge is 2.00. The lowest BCUT2D eigenvalue weighted by molar-refractivity contribution is 0.317. The number of nitrogens with zero attached hydrogens (tertiary/aromatic N) is 1. The summed E-state index contributed by atoms with van der Waals surface area (Å²) in [5, 5.41) is 0.818. The summed E-state index contributed by atoms with van der Waals surface area (Å²) < 4.78 is 0. The molecule has 0 aliphatic carbocycles. The standard InChI is InChI=1S/C14H21Cl2N/c1-17(10-5-3-2-4-9-15)12-13-7-6-8-14(16)11-13/h6-8,11H,2-5,9-10,12H2,1H3. The summed E-state index contributed by atoms with van der Waals surface area (Å²) in [6, 6.07) is 8.07. The van der Waals surface area contributed by atoms with Gasteiger partial charge in [-0.15, -0.1) is 11.6 Å². The molecule has 0 spiro atoms. The Balaban J connectivity index is 2.18. The third-order valence-corrected chi connectivity index (χ3v) is 3.27. The second-order valence-electron chi connectivity index (χ2n) is 4.47. The van der Waals surface area contributed by atoms with Gasteiger partial charge in [0.15, 0.2) is 0 Å². The molecule has 0 fully saturated rings. The van der Waals surface area contributed by atoms with Gasteiger partial charge in [-0.1, -0.05) is 36.6 Å². The van der Waals surface area contributed by atoms with Crippen molar-refractivity contribution in [1.82, 2.24) is 4.90 Å². The quantitative estimate of drug-likeness (QED) is 0.495. The summed E-state index contributed by atoms with van der Waals surface area (Å²) in [5.74, 6) is 0.790. The van der Waals surface area contributed by atoms with Gasteiger partial charge in [-0.05, 0) is 44.1 Å². The Kier molecular flexibility index (Phi) is 7.67. The molecule has 0 saturated heterocycles. The Labute approximate surface area is 115 Å². The Morgan fingerprint density at radius 1 is 1.12 bits per heavy atom. The van der Waals surface area contributed by atoms with Crippen LogP contribution in [0.2, 0.25) is 5.02 Å². The van der Waals surface area contributed by atoms with E-state index >= 15 is 0 Å². The molecule has 0 unspecified atom stereocenters. The number of unbranched alkanes of at least 4 members (excludes halogenated alkanes) is 3. The summed E-state index contributed by atoms with van der Waals surface area (Å²) in [5.41, 5.74) is 1.28. The Morgan fingerprint density at radius 3 is 2.59 bits per heavy atom. The van der Waals surface area contributed by atoms with Crippen molar-refractivity contribution in [3.63, 3.8) is 0 Å². The molecule has 0 radical (unpaired) electrons. The molecule has 1 aromatic carbocycles. The van der Waals surface area contributed by atoms with Crippen LogP contribution in [0.3, 0.4) is 0 Å². The lowest BCUT2D eigenvalue weighted by Gasteiger charge is -2.16. The van der Waals surface area contributed by atoms with E-state index < -0.39 is 0 Å². The van der Waals surface area contributed by atoms with Crippen LogP contribution in [0.25, 0.3) is 0 Å². The van der Waals surface area contributed by atoms with Crippen molar-refractivity contribution in [2.75, 3.05) is 19.5 Å². The van der Waals surface area contributed by atoms with Crippen LogP contribution < -0.4 is 0 Å². The van der Waals surface area contributed by atoms with Gasteiger partial charge in [-0.3, -0.25) is 0 Å². The predicted octanol–water partition coefficient (Wildman–Crippen LogP) is 4.57. The Morgan fingerprint density at radius 2 is 1.88 bits per heavy atom. The van der Waals surface area contributed by atoms with Crippen LogP contribution in [0.5, 0.6) is 0 Å². The normalized spacial score (nSPS) is 11.1. The first-order chi connectivity index (χ1) is 8.22. The van der Waals surface area contributed by atoms with E-state index in [2.05, 4.69) is 18.0 Å². The third kappa shape index (κ3) is 6.92. The maximum Gasteiger partial charge on any atom is 0.0409 e. The van der Waals surface area contributed by atoms with Crippen LogP contribution in [0.15, 0.2) is 24.3 Å². The number of benzene rings is 1. The minimum Gasteiger partial charge on any atom is -0.302 e. The van der Waals surface area contributed by atoms with E-state index in [1.807, 2.05) is 18.2 Å². The van der Waals surface area contributed by atoms with Gasteiger partial charge in [-0.25, -0.2) is 0 Å².